The van der Waals surface area contributed by atoms with Crippen molar-refractivity contribution in [1.29, 1.82) is 0 Å². The molecule has 1 saturated carbocycles. The van der Waals surface area contributed by atoms with E-state index in [-0.39, 0.29) is 17.2 Å². The number of nitrogens with zero attached hydrogens (tertiary/aromatic N) is 1. The summed E-state index contributed by atoms with van der Waals surface area (Å²) in [6, 6.07) is 0. The predicted molar refractivity (Wildman–Crippen MR) is 72.5 cm³/mol. The normalized spacial score (nSPS) is 23.9. The second kappa shape index (κ2) is 4.97. The average molecular weight is 268 g/mol. The van der Waals surface area contributed by atoms with Crippen LogP contribution in [0.1, 0.15) is 51.8 Å². The molecule has 0 radical (unpaired) electrons. The van der Waals surface area contributed by atoms with E-state index >= 15 is 0 Å². The molecular formula is C13H20N2O2S. The van der Waals surface area contributed by atoms with Gasteiger partial charge in [0.05, 0.1) is 11.8 Å². The molecule has 0 bridgehead atoms. The van der Waals surface area contributed by atoms with E-state index in [0.717, 1.165) is 19.3 Å². The molecule has 0 aromatic carbocycles. The minimum absolute atomic E-state index is 0.0593. The topological polar surface area (TPSA) is 62.2 Å². The average Bonchev–Trinajstić information content (AvgIpc) is 2.84. The Labute approximate surface area is 111 Å². The Hall–Kier alpha value is -0.940. The third-order valence-electron chi connectivity index (χ3n) is 3.75. The van der Waals surface area contributed by atoms with Gasteiger partial charge in [-0.15, -0.1) is 11.3 Å². The quantitative estimate of drug-likeness (QED) is 0.886. The molecule has 2 unspecified atom stereocenters. The van der Waals surface area contributed by atoms with E-state index in [9.17, 15) is 9.90 Å². The third-order valence-corrected chi connectivity index (χ3v) is 4.53. The zero-order chi connectivity index (χ0) is 13.3. The van der Waals surface area contributed by atoms with Crippen molar-refractivity contribution in [2.45, 2.75) is 46.1 Å². The summed E-state index contributed by atoms with van der Waals surface area (Å²) in [5, 5.41) is 14.6. The van der Waals surface area contributed by atoms with Gasteiger partial charge < -0.3 is 10.4 Å². The number of hydrogen-bond acceptors (Lipinski definition) is 4. The SMILES string of the molecule is CC(O)c1csc(NC(=O)C2CCCC2(C)C)n1. The van der Waals surface area contributed by atoms with E-state index < -0.39 is 6.10 Å². The summed E-state index contributed by atoms with van der Waals surface area (Å²) in [4.78, 5) is 16.4. The Balaban J connectivity index is 2.02. The van der Waals surface area contributed by atoms with Crippen LogP contribution in [0.3, 0.4) is 0 Å². The van der Waals surface area contributed by atoms with Crippen LogP contribution >= 0.6 is 11.3 Å². The molecule has 4 nitrogen and oxygen atoms in total. The van der Waals surface area contributed by atoms with Crippen molar-refractivity contribution in [2.75, 3.05) is 5.32 Å². The number of aliphatic hydroxyl groups excluding tert-OH is 1. The number of amides is 1. The van der Waals surface area contributed by atoms with E-state index in [2.05, 4.69) is 24.1 Å². The second-order valence-electron chi connectivity index (χ2n) is 5.68. The second-order valence-corrected chi connectivity index (χ2v) is 6.53. The van der Waals surface area contributed by atoms with Crippen molar-refractivity contribution in [2.24, 2.45) is 11.3 Å². The monoisotopic (exact) mass is 268 g/mol. The number of aliphatic hydroxyl groups is 1. The van der Waals surface area contributed by atoms with Crippen LogP contribution in [-0.4, -0.2) is 16.0 Å². The fourth-order valence-electron chi connectivity index (χ4n) is 2.54. The first kappa shape index (κ1) is 13.5. The van der Waals surface area contributed by atoms with Crippen LogP contribution in [0.2, 0.25) is 0 Å². The zero-order valence-electron chi connectivity index (χ0n) is 11.1. The molecule has 0 aliphatic heterocycles. The lowest BCUT2D eigenvalue weighted by Gasteiger charge is -2.25. The molecule has 0 spiro atoms. The molecule has 0 saturated heterocycles. The minimum Gasteiger partial charge on any atom is -0.387 e. The highest BCUT2D eigenvalue weighted by atomic mass is 32.1. The van der Waals surface area contributed by atoms with Gasteiger partial charge in [0.15, 0.2) is 5.13 Å². The van der Waals surface area contributed by atoms with Gasteiger partial charge in [0.25, 0.3) is 0 Å². The standard InChI is InChI=1S/C13H20N2O2S/c1-8(16)10-7-18-12(14-10)15-11(17)9-5-4-6-13(9,2)3/h7-9,16H,4-6H2,1-3H3,(H,14,15,17). The van der Waals surface area contributed by atoms with E-state index in [4.69, 9.17) is 0 Å². The molecule has 1 amide bonds. The number of carbonyl (C=O) groups is 1. The Bertz CT molecular complexity index is 440. The largest absolute Gasteiger partial charge is 0.387 e. The summed E-state index contributed by atoms with van der Waals surface area (Å²) in [7, 11) is 0. The van der Waals surface area contributed by atoms with Crippen molar-refractivity contribution in [3.63, 3.8) is 0 Å². The van der Waals surface area contributed by atoms with Gasteiger partial charge >= 0.3 is 0 Å². The maximum absolute atomic E-state index is 12.2. The summed E-state index contributed by atoms with van der Waals surface area (Å²) in [5.74, 6) is 0.125. The van der Waals surface area contributed by atoms with Crippen molar-refractivity contribution in [3.05, 3.63) is 11.1 Å². The summed E-state index contributed by atoms with van der Waals surface area (Å²) in [6.45, 7) is 5.96. The van der Waals surface area contributed by atoms with Crippen molar-refractivity contribution in [3.8, 4) is 0 Å². The maximum atomic E-state index is 12.2. The van der Waals surface area contributed by atoms with E-state index in [1.165, 1.54) is 11.3 Å². The molecule has 1 aliphatic carbocycles. The lowest BCUT2D eigenvalue weighted by molar-refractivity contribution is -0.122. The van der Waals surface area contributed by atoms with Crippen LogP contribution in [0, 0.1) is 11.3 Å². The van der Waals surface area contributed by atoms with E-state index in [1.807, 2.05) is 0 Å². The molecule has 1 fully saturated rings. The van der Waals surface area contributed by atoms with E-state index in [1.54, 1.807) is 12.3 Å². The van der Waals surface area contributed by atoms with Crippen LogP contribution in [0.5, 0.6) is 0 Å². The number of rotatable bonds is 3. The lowest BCUT2D eigenvalue weighted by Crippen LogP contribution is -2.30. The van der Waals surface area contributed by atoms with Gasteiger partial charge in [-0.25, -0.2) is 4.98 Å². The third kappa shape index (κ3) is 2.72. The fourth-order valence-corrected chi connectivity index (χ4v) is 3.34. The highest BCUT2D eigenvalue weighted by Crippen LogP contribution is 2.43. The highest BCUT2D eigenvalue weighted by Gasteiger charge is 2.39. The highest BCUT2D eigenvalue weighted by molar-refractivity contribution is 7.13. The summed E-state index contributed by atoms with van der Waals surface area (Å²) in [6.07, 6.45) is 2.58. The first-order chi connectivity index (χ1) is 8.40. The minimum atomic E-state index is -0.588. The molecule has 1 heterocycles. The molecule has 1 aliphatic rings. The van der Waals surface area contributed by atoms with Gasteiger partial charge in [0.2, 0.25) is 5.91 Å². The van der Waals surface area contributed by atoms with Crippen molar-refractivity contribution in [1.82, 2.24) is 4.98 Å². The van der Waals surface area contributed by atoms with Crippen LogP contribution in [0.4, 0.5) is 5.13 Å². The number of thiazole rings is 1. The zero-order valence-corrected chi connectivity index (χ0v) is 11.9. The van der Waals surface area contributed by atoms with Gasteiger partial charge in [-0.2, -0.15) is 0 Å². The van der Waals surface area contributed by atoms with Gasteiger partial charge in [-0.05, 0) is 25.2 Å². The fraction of sp³-hybridized carbons (Fsp3) is 0.692. The molecule has 2 rings (SSSR count). The number of aromatic nitrogens is 1. The number of anilines is 1. The van der Waals surface area contributed by atoms with Gasteiger partial charge in [0.1, 0.15) is 0 Å². The Morgan fingerprint density at radius 2 is 2.39 bits per heavy atom. The summed E-state index contributed by atoms with van der Waals surface area (Å²) in [5.41, 5.74) is 0.690. The molecule has 100 valence electrons. The molecule has 1 aromatic rings. The lowest BCUT2D eigenvalue weighted by atomic mass is 9.81. The Morgan fingerprint density at radius 1 is 1.67 bits per heavy atom. The summed E-state index contributed by atoms with van der Waals surface area (Å²) < 4.78 is 0. The van der Waals surface area contributed by atoms with Gasteiger partial charge in [0, 0.05) is 11.3 Å². The first-order valence-corrected chi connectivity index (χ1v) is 7.22. The maximum Gasteiger partial charge on any atom is 0.229 e. The smallest absolute Gasteiger partial charge is 0.229 e. The van der Waals surface area contributed by atoms with Crippen LogP contribution in [0.25, 0.3) is 0 Å². The van der Waals surface area contributed by atoms with Gasteiger partial charge in [-0.3, -0.25) is 4.79 Å². The molecule has 5 heteroatoms. The molecule has 2 atom stereocenters. The van der Waals surface area contributed by atoms with Crippen molar-refractivity contribution < 1.29 is 9.90 Å². The predicted octanol–water partition coefficient (Wildman–Crippen LogP) is 2.96. The van der Waals surface area contributed by atoms with Crippen LogP contribution in [-0.2, 0) is 4.79 Å². The number of nitrogens with one attached hydrogen (secondary N) is 1. The van der Waals surface area contributed by atoms with Gasteiger partial charge in [-0.1, -0.05) is 20.3 Å². The summed E-state index contributed by atoms with van der Waals surface area (Å²) >= 11 is 1.36. The van der Waals surface area contributed by atoms with Crippen LogP contribution in [0.15, 0.2) is 5.38 Å². The molecule has 18 heavy (non-hydrogen) atoms. The first-order valence-electron chi connectivity index (χ1n) is 6.34. The Kier molecular flexibility index (Phi) is 3.73. The number of carbonyl (C=O) groups excluding carboxylic acids is 1. The van der Waals surface area contributed by atoms with Crippen LogP contribution < -0.4 is 5.32 Å². The number of hydrogen-bond donors (Lipinski definition) is 2. The van der Waals surface area contributed by atoms with E-state index in [0.29, 0.717) is 10.8 Å². The molecule has 2 N–H and O–H groups in total. The van der Waals surface area contributed by atoms with Crippen molar-refractivity contribution >= 4 is 22.4 Å². The molecular weight excluding hydrogens is 248 g/mol. The molecule has 1 aromatic heterocycles. The Morgan fingerprint density at radius 3 is 2.89 bits per heavy atom.